The number of carboxylic acids is 1. The van der Waals surface area contributed by atoms with Crippen molar-refractivity contribution >= 4 is 11.9 Å². The van der Waals surface area contributed by atoms with Gasteiger partial charge in [-0.25, -0.2) is 4.79 Å². The molecule has 0 radical (unpaired) electrons. The van der Waals surface area contributed by atoms with Gasteiger partial charge < -0.3 is 24.7 Å². The van der Waals surface area contributed by atoms with Gasteiger partial charge in [0.25, 0.3) is 0 Å². The molecular formula is C23H31F3N2O5. The average Bonchev–Trinajstić information content (AvgIpc) is 3.41. The Hall–Kier alpha value is -2.33. The third-order valence-corrected chi connectivity index (χ3v) is 6.66. The van der Waals surface area contributed by atoms with Gasteiger partial charge in [-0.2, -0.15) is 13.2 Å². The average molecular weight is 473 g/mol. The first-order valence-corrected chi connectivity index (χ1v) is 11.3. The van der Waals surface area contributed by atoms with E-state index in [1.165, 1.54) is 25.9 Å². The van der Waals surface area contributed by atoms with Crippen LogP contribution in [0.5, 0.6) is 5.75 Å². The number of aliphatic carboxylic acids is 1. The van der Waals surface area contributed by atoms with Crippen LogP contribution in [0.3, 0.4) is 0 Å². The minimum absolute atomic E-state index is 0.193. The molecule has 3 aliphatic rings. The Morgan fingerprint density at radius 2 is 1.64 bits per heavy atom. The van der Waals surface area contributed by atoms with E-state index < -0.39 is 12.1 Å². The molecule has 3 fully saturated rings. The maximum atomic E-state index is 12.6. The fraction of sp³-hybridized carbons (Fsp3) is 0.652. The number of carbonyl (C=O) groups excluding carboxylic acids is 1. The van der Waals surface area contributed by atoms with Crippen molar-refractivity contribution in [1.82, 2.24) is 9.80 Å². The van der Waals surface area contributed by atoms with Crippen molar-refractivity contribution in [2.24, 2.45) is 5.41 Å². The summed E-state index contributed by atoms with van der Waals surface area (Å²) in [6.07, 6.45) is 1.65. The van der Waals surface area contributed by atoms with Crippen LogP contribution in [0.25, 0.3) is 0 Å². The summed E-state index contributed by atoms with van der Waals surface area (Å²) >= 11 is 0. The van der Waals surface area contributed by atoms with Gasteiger partial charge in [-0.15, -0.1) is 0 Å². The smallest absolute Gasteiger partial charge is 0.490 e. The molecule has 184 valence electrons. The number of benzene rings is 1. The summed E-state index contributed by atoms with van der Waals surface area (Å²) in [5, 5.41) is 16.5. The molecule has 1 spiro atoms. The molecule has 1 aromatic carbocycles. The zero-order chi connectivity index (χ0) is 24.1. The summed E-state index contributed by atoms with van der Waals surface area (Å²) in [5.74, 6) is -2.32. The molecule has 2 N–H and O–H groups in total. The molecule has 1 atom stereocenters. The van der Waals surface area contributed by atoms with Crippen LogP contribution in [0.2, 0.25) is 0 Å². The van der Waals surface area contributed by atoms with Crippen molar-refractivity contribution in [2.75, 3.05) is 39.3 Å². The Labute approximate surface area is 191 Å². The number of rotatable bonds is 4. The summed E-state index contributed by atoms with van der Waals surface area (Å²) in [6, 6.07) is 6.94. The van der Waals surface area contributed by atoms with Gasteiger partial charge in [-0.05, 0) is 68.3 Å². The summed E-state index contributed by atoms with van der Waals surface area (Å²) < 4.78 is 37.9. The molecule has 33 heavy (non-hydrogen) atoms. The number of phenolic OH excluding ortho intramolecular Hbond substituents is 1. The van der Waals surface area contributed by atoms with Gasteiger partial charge in [0.05, 0.1) is 19.1 Å². The van der Waals surface area contributed by atoms with Crippen molar-refractivity contribution < 1.29 is 37.7 Å². The number of carboxylic acid groups (broad SMARTS) is 1. The first kappa shape index (κ1) is 25.3. The molecule has 10 heteroatoms. The molecule has 1 unspecified atom stereocenters. The van der Waals surface area contributed by atoms with E-state index in [4.69, 9.17) is 14.6 Å². The van der Waals surface area contributed by atoms with E-state index >= 15 is 0 Å². The summed E-state index contributed by atoms with van der Waals surface area (Å²) in [6.45, 7) is 6.10. The molecule has 3 aliphatic heterocycles. The number of alkyl halides is 3. The van der Waals surface area contributed by atoms with Crippen LogP contribution in [0.1, 0.15) is 37.7 Å². The van der Waals surface area contributed by atoms with Crippen molar-refractivity contribution in [3.05, 3.63) is 29.8 Å². The number of halogens is 3. The van der Waals surface area contributed by atoms with E-state index in [0.717, 1.165) is 51.1 Å². The Morgan fingerprint density at radius 3 is 2.18 bits per heavy atom. The number of aromatic hydroxyl groups is 1. The minimum atomic E-state index is -5.08. The van der Waals surface area contributed by atoms with Gasteiger partial charge in [0, 0.05) is 19.6 Å². The second kappa shape index (κ2) is 10.7. The molecule has 1 amide bonds. The fourth-order valence-electron chi connectivity index (χ4n) is 4.75. The van der Waals surface area contributed by atoms with Crippen molar-refractivity contribution in [2.45, 2.75) is 50.8 Å². The third kappa shape index (κ3) is 7.33. The molecular weight excluding hydrogens is 441 g/mol. The number of piperidine rings is 1. The van der Waals surface area contributed by atoms with Crippen molar-refractivity contribution in [1.29, 1.82) is 0 Å². The molecule has 4 rings (SSSR count). The molecule has 0 aromatic heterocycles. The van der Waals surface area contributed by atoms with Crippen molar-refractivity contribution in [3.63, 3.8) is 0 Å². The number of nitrogens with zero attached hydrogens (tertiary/aromatic N) is 2. The van der Waals surface area contributed by atoms with Crippen LogP contribution in [0.4, 0.5) is 13.2 Å². The lowest BCUT2D eigenvalue weighted by molar-refractivity contribution is -0.192. The normalized spacial score (nSPS) is 22.8. The van der Waals surface area contributed by atoms with Gasteiger partial charge in [-0.3, -0.25) is 4.79 Å². The lowest BCUT2D eigenvalue weighted by atomic mass is 9.76. The quantitative estimate of drug-likeness (QED) is 0.700. The highest BCUT2D eigenvalue weighted by Gasteiger charge is 2.43. The highest BCUT2D eigenvalue weighted by Crippen LogP contribution is 2.42. The number of hydrogen-bond acceptors (Lipinski definition) is 5. The van der Waals surface area contributed by atoms with Crippen LogP contribution in [-0.2, 0) is 20.7 Å². The van der Waals surface area contributed by atoms with E-state index in [1.54, 1.807) is 12.1 Å². The molecule has 0 bridgehead atoms. The molecule has 0 saturated carbocycles. The number of hydrogen-bond donors (Lipinski definition) is 2. The monoisotopic (exact) mass is 472 g/mol. The van der Waals surface area contributed by atoms with Crippen LogP contribution in [0, 0.1) is 5.41 Å². The first-order valence-electron chi connectivity index (χ1n) is 11.3. The summed E-state index contributed by atoms with van der Waals surface area (Å²) in [4.78, 5) is 26.0. The van der Waals surface area contributed by atoms with E-state index in [9.17, 15) is 23.1 Å². The van der Waals surface area contributed by atoms with Gasteiger partial charge in [0.1, 0.15) is 5.75 Å². The Bertz CT molecular complexity index is 801. The van der Waals surface area contributed by atoms with Gasteiger partial charge in [0.15, 0.2) is 0 Å². The Morgan fingerprint density at radius 1 is 1.06 bits per heavy atom. The summed E-state index contributed by atoms with van der Waals surface area (Å²) in [5.41, 5.74) is 1.25. The van der Waals surface area contributed by atoms with E-state index in [-0.39, 0.29) is 11.7 Å². The lowest BCUT2D eigenvalue weighted by Gasteiger charge is -2.38. The highest BCUT2D eigenvalue weighted by molar-refractivity contribution is 5.79. The highest BCUT2D eigenvalue weighted by atomic mass is 19.4. The largest absolute Gasteiger partial charge is 0.508 e. The molecule has 1 aromatic rings. The first-order chi connectivity index (χ1) is 15.6. The second-order valence-corrected chi connectivity index (χ2v) is 9.17. The van der Waals surface area contributed by atoms with Gasteiger partial charge in [0.2, 0.25) is 5.91 Å². The number of likely N-dealkylation sites (tertiary alicyclic amines) is 2. The maximum Gasteiger partial charge on any atom is 0.490 e. The zero-order valence-corrected chi connectivity index (χ0v) is 18.5. The van der Waals surface area contributed by atoms with Gasteiger partial charge in [-0.1, -0.05) is 12.1 Å². The predicted molar refractivity (Wildman–Crippen MR) is 114 cm³/mol. The van der Waals surface area contributed by atoms with E-state index in [1.807, 2.05) is 17.0 Å². The predicted octanol–water partition coefficient (Wildman–Crippen LogP) is 3.06. The molecule has 3 saturated heterocycles. The van der Waals surface area contributed by atoms with Crippen LogP contribution in [0.15, 0.2) is 24.3 Å². The maximum absolute atomic E-state index is 12.6. The topological polar surface area (TPSA) is 90.3 Å². The number of ether oxygens (including phenoxy) is 1. The van der Waals surface area contributed by atoms with Crippen molar-refractivity contribution in [3.8, 4) is 5.75 Å². The number of phenols is 1. The molecule has 0 aliphatic carbocycles. The van der Waals surface area contributed by atoms with Gasteiger partial charge >= 0.3 is 12.1 Å². The number of carbonyl (C=O) groups is 2. The number of amides is 1. The van der Waals surface area contributed by atoms with Crippen LogP contribution >= 0.6 is 0 Å². The Balaban J connectivity index is 0.000000383. The SMILES string of the molecule is O=C(Cc1ccc(O)cc1)N1CCC2(CC1)COC(CN1CCCC1)C2.O=C(O)C(F)(F)F. The van der Waals surface area contributed by atoms with E-state index in [2.05, 4.69) is 4.90 Å². The zero-order valence-electron chi connectivity index (χ0n) is 18.5. The Kier molecular flexibility index (Phi) is 8.23. The molecule has 3 heterocycles. The second-order valence-electron chi connectivity index (χ2n) is 9.17. The van der Waals surface area contributed by atoms with Crippen LogP contribution in [-0.4, -0.2) is 83.5 Å². The fourth-order valence-corrected chi connectivity index (χ4v) is 4.75. The standard InChI is InChI=1S/C21H30N2O3.C2HF3O2/c24-18-5-3-17(4-6-18)13-20(25)23-11-7-21(8-12-23)14-19(26-16-21)15-22-9-1-2-10-22;3-2(4,5)1(6)7/h3-6,19,24H,1-2,7-16H2;(H,6,7). The molecule has 7 nitrogen and oxygen atoms in total. The third-order valence-electron chi connectivity index (χ3n) is 6.66. The van der Waals surface area contributed by atoms with Crippen LogP contribution < -0.4 is 0 Å². The summed E-state index contributed by atoms with van der Waals surface area (Å²) in [7, 11) is 0. The lowest BCUT2D eigenvalue weighted by Crippen LogP contribution is -2.44. The minimum Gasteiger partial charge on any atom is -0.508 e. The van der Waals surface area contributed by atoms with E-state index in [0.29, 0.717) is 17.9 Å².